The minimum Gasteiger partial charge on any atom is -0.453 e. The van der Waals surface area contributed by atoms with Crippen LogP contribution in [0.1, 0.15) is 58.8 Å². The van der Waals surface area contributed by atoms with E-state index in [0.29, 0.717) is 18.9 Å². The van der Waals surface area contributed by atoms with Gasteiger partial charge in [-0.1, -0.05) is 55.0 Å². The Balaban J connectivity index is 1.57. The van der Waals surface area contributed by atoms with Gasteiger partial charge in [0.05, 0.1) is 37.1 Å². The summed E-state index contributed by atoms with van der Waals surface area (Å²) >= 11 is 0. The Hall–Kier alpha value is -2.07. The van der Waals surface area contributed by atoms with Crippen LogP contribution >= 0.6 is 0 Å². The highest BCUT2D eigenvalue weighted by molar-refractivity contribution is 5.82. The standard InChI is InChI=1S/C31H44O8/c1-20-12-14-36-24(16-20)11-13-31(35-4)28-19-27(39-31)30(34)26(32)18-22(3)15-21(2)17-25-9-5-7-23(37-25)8-6-10-29(33)38-28/h5-7,10-13,21,23-28,30,32,34H,3,8-9,14-19H2,1-2,4H3/b10-6?,13-11+/t21-,23-,24+,25-,26-,27+,28-,30-,31+/m0/s1. The van der Waals surface area contributed by atoms with Crippen molar-refractivity contribution in [3.05, 3.63) is 60.3 Å². The number of aliphatic hydroxyl groups is 2. The van der Waals surface area contributed by atoms with Gasteiger partial charge in [-0.2, -0.15) is 0 Å². The van der Waals surface area contributed by atoms with Gasteiger partial charge in [-0.3, -0.25) is 0 Å². The number of rotatable bonds is 3. The van der Waals surface area contributed by atoms with Gasteiger partial charge in [0.1, 0.15) is 6.10 Å². The predicted octanol–water partition coefficient (Wildman–Crippen LogP) is 4.08. The summed E-state index contributed by atoms with van der Waals surface area (Å²) in [5.41, 5.74) is 2.08. The van der Waals surface area contributed by atoms with E-state index >= 15 is 0 Å². The molecule has 9 atom stereocenters. The fourth-order valence-corrected chi connectivity index (χ4v) is 5.87. The van der Waals surface area contributed by atoms with Gasteiger partial charge >= 0.3 is 5.97 Å². The monoisotopic (exact) mass is 544 g/mol. The zero-order valence-electron chi connectivity index (χ0n) is 23.4. The van der Waals surface area contributed by atoms with Gasteiger partial charge in [-0.05, 0) is 57.4 Å². The summed E-state index contributed by atoms with van der Waals surface area (Å²) in [6.45, 7) is 8.88. The van der Waals surface area contributed by atoms with Crippen LogP contribution in [-0.4, -0.2) is 78.4 Å². The van der Waals surface area contributed by atoms with Crippen molar-refractivity contribution in [1.82, 2.24) is 0 Å². The Kier molecular flexibility index (Phi) is 10.4. The van der Waals surface area contributed by atoms with Crippen LogP contribution in [0.15, 0.2) is 60.3 Å². The summed E-state index contributed by atoms with van der Waals surface area (Å²) in [6.07, 6.45) is 12.9. The van der Waals surface area contributed by atoms with Crippen LogP contribution in [0.4, 0.5) is 0 Å². The van der Waals surface area contributed by atoms with Crippen molar-refractivity contribution in [2.45, 2.75) is 107 Å². The molecule has 0 aromatic rings. The molecule has 1 fully saturated rings. The lowest BCUT2D eigenvalue weighted by molar-refractivity contribution is -0.232. The number of aliphatic hydroxyl groups excluding tert-OH is 2. The third kappa shape index (κ3) is 7.99. The summed E-state index contributed by atoms with van der Waals surface area (Å²) in [5.74, 6) is -1.67. The molecule has 8 nitrogen and oxygen atoms in total. The molecule has 0 unspecified atom stereocenters. The molecular weight excluding hydrogens is 500 g/mol. The number of hydrogen-bond donors (Lipinski definition) is 2. The van der Waals surface area contributed by atoms with Gasteiger partial charge in [0.15, 0.2) is 6.10 Å². The highest BCUT2D eigenvalue weighted by Gasteiger charge is 2.53. The van der Waals surface area contributed by atoms with Crippen molar-refractivity contribution in [1.29, 1.82) is 0 Å². The second-order valence-corrected chi connectivity index (χ2v) is 11.4. The van der Waals surface area contributed by atoms with Gasteiger partial charge in [-0.15, -0.1) is 0 Å². The van der Waals surface area contributed by atoms with Crippen molar-refractivity contribution < 1.29 is 38.7 Å². The largest absolute Gasteiger partial charge is 0.453 e. The van der Waals surface area contributed by atoms with Crippen LogP contribution < -0.4 is 0 Å². The lowest BCUT2D eigenvalue weighted by Gasteiger charge is -2.31. The molecule has 4 aliphatic heterocycles. The van der Waals surface area contributed by atoms with Crippen LogP contribution in [-0.2, 0) is 28.5 Å². The maximum absolute atomic E-state index is 12.9. The molecule has 4 aliphatic rings. The molecule has 0 aromatic heterocycles. The second-order valence-electron chi connectivity index (χ2n) is 11.4. The molecule has 216 valence electrons. The zero-order chi connectivity index (χ0) is 28.0. The summed E-state index contributed by atoms with van der Waals surface area (Å²) in [4.78, 5) is 12.9. The number of esters is 1. The second kappa shape index (κ2) is 13.5. The van der Waals surface area contributed by atoms with Crippen LogP contribution in [0.2, 0.25) is 0 Å². The summed E-state index contributed by atoms with van der Waals surface area (Å²) in [6, 6.07) is 0. The minimum absolute atomic E-state index is 0.0864. The average molecular weight is 545 g/mol. The smallest absolute Gasteiger partial charge is 0.330 e. The molecule has 8 heteroatoms. The molecular formula is C31H44O8. The molecule has 4 bridgehead atoms. The molecule has 0 amide bonds. The van der Waals surface area contributed by atoms with E-state index in [2.05, 4.69) is 26.5 Å². The van der Waals surface area contributed by atoms with E-state index < -0.39 is 36.2 Å². The van der Waals surface area contributed by atoms with Gasteiger partial charge in [0.25, 0.3) is 0 Å². The van der Waals surface area contributed by atoms with Gasteiger partial charge in [-0.25, -0.2) is 4.79 Å². The number of hydrogen-bond acceptors (Lipinski definition) is 8. The Morgan fingerprint density at radius 2 is 1.97 bits per heavy atom. The fourth-order valence-electron chi connectivity index (χ4n) is 5.87. The summed E-state index contributed by atoms with van der Waals surface area (Å²) in [5, 5.41) is 22.0. The first-order valence-electron chi connectivity index (χ1n) is 14.1. The zero-order valence-corrected chi connectivity index (χ0v) is 23.4. The van der Waals surface area contributed by atoms with Crippen LogP contribution in [0.25, 0.3) is 0 Å². The lowest BCUT2D eigenvalue weighted by atomic mass is 9.90. The normalized spacial score (nSPS) is 40.7. The first-order valence-corrected chi connectivity index (χ1v) is 14.1. The van der Waals surface area contributed by atoms with Crippen LogP contribution in [0.5, 0.6) is 0 Å². The van der Waals surface area contributed by atoms with E-state index in [1.807, 2.05) is 18.2 Å². The van der Waals surface area contributed by atoms with Crippen molar-refractivity contribution in [2.75, 3.05) is 13.7 Å². The van der Waals surface area contributed by atoms with Crippen molar-refractivity contribution in [2.24, 2.45) is 5.92 Å². The molecule has 0 spiro atoms. The van der Waals surface area contributed by atoms with Crippen LogP contribution in [0, 0.1) is 5.92 Å². The third-order valence-electron chi connectivity index (χ3n) is 7.93. The Labute approximate surface area is 232 Å². The van der Waals surface area contributed by atoms with Gasteiger partial charge < -0.3 is 33.9 Å². The molecule has 0 radical (unpaired) electrons. The Bertz CT molecular complexity index is 983. The van der Waals surface area contributed by atoms with E-state index in [4.69, 9.17) is 23.7 Å². The number of methoxy groups -OCH3 is 1. The van der Waals surface area contributed by atoms with Gasteiger partial charge in [0.2, 0.25) is 5.79 Å². The number of fused-ring (bicyclic) bond motifs is 4. The highest BCUT2D eigenvalue weighted by atomic mass is 16.7. The molecule has 0 saturated carbocycles. The lowest BCUT2D eigenvalue weighted by Crippen LogP contribution is -2.43. The highest BCUT2D eigenvalue weighted by Crippen LogP contribution is 2.38. The molecule has 0 aliphatic carbocycles. The Morgan fingerprint density at radius 1 is 1.15 bits per heavy atom. The van der Waals surface area contributed by atoms with E-state index in [0.717, 1.165) is 31.3 Å². The SMILES string of the molecule is C=C1C[C@H](C)C[C@@H]2CC=C[C@@H](CC=CC(=O)O[C@H]3C[C@@H](O[C@@]3(/C=C/[C@@H]3CC(C)=CCO3)OC)[C@@H](O)[C@@H](O)C1)O2. The summed E-state index contributed by atoms with van der Waals surface area (Å²) in [7, 11) is 1.47. The first kappa shape index (κ1) is 29.9. The fraction of sp³-hybridized carbons (Fsp3) is 0.645. The minimum atomic E-state index is -1.44. The number of ether oxygens (including phenoxy) is 5. The van der Waals surface area contributed by atoms with E-state index in [1.54, 1.807) is 12.2 Å². The Morgan fingerprint density at radius 3 is 2.74 bits per heavy atom. The van der Waals surface area contributed by atoms with Gasteiger partial charge in [0, 0.05) is 19.6 Å². The third-order valence-corrected chi connectivity index (χ3v) is 7.93. The number of carbonyl (C=O) groups excluding carboxylic acids is 1. The van der Waals surface area contributed by atoms with Crippen LogP contribution in [0.3, 0.4) is 0 Å². The topological polar surface area (TPSA) is 104 Å². The van der Waals surface area contributed by atoms with E-state index in [-0.39, 0.29) is 31.2 Å². The maximum atomic E-state index is 12.9. The quantitative estimate of drug-likeness (QED) is 0.405. The predicted molar refractivity (Wildman–Crippen MR) is 147 cm³/mol. The molecule has 4 heterocycles. The molecule has 0 aromatic carbocycles. The van der Waals surface area contributed by atoms with E-state index in [1.165, 1.54) is 18.8 Å². The first-order chi connectivity index (χ1) is 18.7. The van der Waals surface area contributed by atoms with Crippen molar-refractivity contribution in [3.8, 4) is 0 Å². The average Bonchev–Trinajstić information content (AvgIpc) is 3.25. The summed E-state index contributed by atoms with van der Waals surface area (Å²) < 4.78 is 29.9. The molecule has 4 rings (SSSR count). The van der Waals surface area contributed by atoms with Crippen molar-refractivity contribution in [3.63, 3.8) is 0 Å². The van der Waals surface area contributed by atoms with Crippen molar-refractivity contribution >= 4 is 5.97 Å². The molecule has 1 saturated heterocycles. The maximum Gasteiger partial charge on any atom is 0.330 e. The van der Waals surface area contributed by atoms with E-state index in [9.17, 15) is 15.0 Å². The number of carbonyl (C=O) groups is 1. The molecule has 39 heavy (non-hydrogen) atoms. The molecule has 2 N–H and O–H groups in total.